The number of nitrogens with two attached hydrogens (primary N) is 1. The number of nitrogens with one attached hydrogen (secondary N) is 2. The van der Waals surface area contributed by atoms with Gasteiger partial charge in [-0.2, -0.15) is 0 Å². The van der Waals surface area contributed by atoms with Gasteiger partial charge < -0.3 is 15.4 Å². The molecule has 0 heterocycles. The average Bonchev–Trinajstić information content (AvgIpc) is 2.59. The molecule has 26 heavy (non-hydrogen) atoms. The molecule has 0 fully saturated rings. The van der Waals surface area contributed by atoms with E-state index in [0.717, 1.165) is 0 Å². The van der Waals surface area contributed by atoms with Crippen LogP contribution in [0.3, 0.4) is 0 Å². The van der Waals surface area contributed by atoms with E-state index in [-0.39, 0.29) is 33.5 Å². The molecule has 4 N–H and O–H groups in total. The molecule has 0 saturated heterocycles. The van der Waals surface area contributed by atoms with Crippen molar-refractivity contribution in [2.24, 2.45) is 5.14 Å². The van der Waals surface area contributed by atoms with Crippen LogP contribution in [-0.2, 0) is 14.8 Å². The highest BCUT2D eigenvalue weighted by Gasteiger charge is 2.17. The molecule has 0 saturated carbocycles. The van der Waals surface area contributed by atoms with Crippen LogP contribution in [0.5, 0.6) is 5.75 Å². The van der Waals surface area contributed by atoms with E-state index >= 15 is 0 Å². The maximum atomic E-state index is 12.0. The molecule has 0 radical (unpaired) electrons. The average molecular weight is 398 g/mol. The number of methoxy groups -OCH3 is 1. The molecule has 0 aliphatic rings. The number of benzene rings is 2. The molecular formula is C16H16ClN3O5S. The fourth-order valence-corrected chi connectivity index (χ4v) is 3.03. The van der Waals surface area contributed by atoms with E-state index < -0.39 is 21.8 Å². The predicted molar refractivity (Wildman–Crippen MR) is 96.8 cm³/mol. The lowest BCUT2D eigenvalue weighted by atomic mass is 10.2. The quantitative estimate of drug-likeness (QED) is 0.678. The molecule has 8 nitrogen and oxygen atoms in total. The minimum absolute atomic E-state index is 0.0533. The summed E-state index contributed by atoms with van der Waals surface area (Å²) in [5.41, 5.74) is 0.426. The van der Waals surface area contributed by atoms with Gasteiger partial charge in [0.25, 0.3) is 5.91 Å². The van der Waals surface area contributed by atoms with Gasteiger partial charge in [0.2, 0.25) is 15.9 Å². The minimum atomic E-state index is -4.03. The summed E-state index contributed by atoms with van der Waals surface area (Å²) in [5.74, 6) is -1.01. The summed E-state index contributed by atoms with van der Waals surface area (Å²) >= 11 is 5.91. The zero-order valence-electron chi connectivity index (χ0n) is 13.7. The standard InChI is InChI=1S/C16H16ClN3O5S/c1-25-13-7-6-10(8-14(13)26(18,23)24)20-15(21)9-19-16(22)11-4-2-3-5-12(11)17/h2-8H,9H2,1H3,(H,19,22)(H,20,21)(H2,18,23,24). The van der Waals surface area contributed by atoms with E-state index in [2.05, 4.69) is 10.6 Å². The Morgan fingerprint density at radius 2 is 1.88 bits per heavy atom. The van der Waals surface area contributed by atoms with Crippen LogP contribution in [0.1, 0.15) is 10.4 Å². The Balaban J connectivity index is 2.04. The van der Waals surface area contributed by atoms with Crippen molar-refractivity contribution in [1.29, 1.82) is 0 Å². The molecule has 0 aliphatic carbocycles. The second kappa shape index (κ2) is 8.17. The number of primary sulfonamides is 1. The number of amides is 2. The van der Waals surface area contributed by atoms with Gasteiger partial charge >= 0.3 is 0 Å². The van der Waals surface area contributed by atoms with Crippen molar-refractivity contribution in [3.05, 3.63) is 53.1 Å². The molecule has 2 rings (SSSR count). The maximum absolute atomic E-state index is 12.0. The minimum Gasteiger partial charge on any atom is -0.495 e. The second-order valence-corrected chi connectivity index (χ2v) is 7.06. The molecule has 0 atom stereocenters. The first-order chi connectivity index (χ1) is 12.2. The van der Waals surface area contributed by atoms with Crippen LogP contribution in [0.2, 0.25) is 5.02 Å². The van der Waals surface area contributed by atoms with Gasteiger partial charge in [0.15, 0.2) is 0 Å². The van der Waals surface area contributed by atoms with Crippen molar-refractivity contribution in [3.63, 3.8) is 0 Å². The lowest BCUT2D eigenvalue weighted by Gasteiger charge is -2.11. The van der Waals surface area contributed by atoms with Gasteiger partial charge in [0.05, 0.1) is 24.2 Å². The van der Waals surface area contributed by atoms with E-state index in [1.807, 2.05) is 0 Å². The van der Waals surface area contributed by atoms with Gasteiger partial charge in [0.1, 0.15) is 10.6 Å². The van der Waals surface area contributed by atoms with Crippen molar-refractivity contribution in [2.75, 3.05) is 19.0 Å². The van der Waals surface area contributed by atoms with Crippen molar-refractivity contribution in [1.82, 2.24) is 5.32 Å². The van der Waals surface area contributed by atoms with Crippen LogP contribution in [0.4, 0.5) is 5.69 Å². The summed E-state index contributed by atoms with van der Waals surface area (Å²) in [6.45, 7) is -0.333. The summed E-state index contributed by atoms with van der Waals surface area (Å²) in [6.07, 6.45) is 0. The van der Waals surface area contributed by atoms with Crippen molar-refractivity contribution >= 4 is 39.1 Å². The molecule has 0 aromatic heterocycles. The number of carbonyl (C=O) groups is 2. The maximum Gasteiger partial charge on any atom is 0.253 e. The van der Waals surface area contributed by atoms with E-state index in [4.69, 9.17) is 21.5 Å². The number of ether oxygens (including phenoxy) is 1. The Morgan fingerprint density at radius 3 is 2.50 bits per heavy atom. The number of halogens is 1. The third kappa shape index (κ3) is 4.94. The smallest absolute Gasteiger partial charge is 0.253 e. The Kier molecular flexibility index (Phi) is 6.19. The number of rotatable bonds is 6. The highest BCUT2D eigenvalue weighted by molar-refractivity contribution is 7.89. The van der Waals surface area contributed by atoms with E-state index in [9.17, 15) is 18.0 Å². The number of anilines is 1. The number of hydrogen-bond donors (Lipinski definition) is 3. The molecular weight excluding hydrogens is 382 g/mol. The van der Waals surface area contributed by atoms with Gasteiger partial charge in [-0.05, 0) is 30.3 Å². The summed E-state index contributed by atoms with van der Waals surface area (Å²) < 4.78 is 28.1. The van der Waals surface area contributed by atoms with Gasteiger partial charge in [-0.25, -0.2) is 13.6 Å². The highest BCUT2D eigenvalue weighted by atomic mass is 35.5. The Morgan fingerprint density at radius 1 is 1.19 bits per heavy atom. The van der Waals surface area contributed by atoms with E-state index in [1.165, 1.54) is 31.4 Å². The normalized spacial score (nSPS) is 10.9. The van der Waals surface area contributed by atoms with E-state index in [1.54, 1.807) is 18.2 Å². The molecule has 10 heteroatoms. The van der Waals surface area contributed by atoms with Gasteiger partial charge in [-0.1, -0.05) is 23.7 Å². The summed E-state index contributed by atoms with van der Waals surface area (Å²) in [6, 6.07) is 10.4. The Labute approximate surface area is 155 Å². The van der Waals surface area contributed by atoms with Crippen molar-refractivity contribution < 1.29 is 22.7 Å². The SMILES string of the molecule is COc1ccc(NC(=O)CNC(=O)c2ccccc2Cl)cc1S(N)(=O)=O. The number of hydrogen-bond acceptors (Lipinski definition) is 5. The van der Waals surface area contributed by atoms with Crippen molar-refractivity contribution in [2.45, 2.75) is 4.90 Å². The number of sulfonamides is 1. The van der Waals surface area contributed by atoms with Crippen LogP contribution in [0, 0.1) is 0 Å². The lowest BCUT2D eigenvalue weighted by Crippen LogP contribution is -2.33. The third-order valence-corrected chi connectivity index (χ3v) is 4.54. The van der Waals surface area contributed by atoms with Crippen LogP contribution in [-0.4, -0.2) is 33.9 Å². The first kappa shape index (κ1) is 19.7. The first-order valence-electron chi connectivity index (χ1n) is 7.26. The molecule has 0 unspecified atom stereocenters. The summed E-state index contributed by atoms with van der Waals surface area (Å²) in [5, 5.41) is 10.3. The molecule has 2 aromatic rings. The molecule has 2 aromatic carbocycles. The molecule has 0 bridgehead atoms. The summed E-state index contributed by atoms with van der Waals surface area (Å²) in [4.78, 5) is 23.7. The molecule has 2 amide bonds. The molecule has 138 valence electrons. The molecule has 0 aliphatic heterocycles. The fourth-order valence-electron chi connectivity index (χ4n) is 2.08. The topological polar surface area (TPSA) is 128 Å². The summed E-state index contributed by atoms with van der Waals surface area (Å²) in [7, 11) is -2.73. The van der Waals surface area contributed by atoms with E-state index in [0.29, 0.717) is 0 Å². The van der Waals surface area contributed by atoms with Gasteiger partial charge in [0, 0.05) is 5.69 Å². The fraction of sp³-hybridized carbons (Fsp3) is 0.125. The zero-order chi connectivity index (χ0) is 19.3. The molecule has 0 spiro atoms. The zero-order valence-corrected chi connectivity index (χ0v) is 15.2. The first-order valence-corrected chi connectivity index (χ1v) is 9.18. The van der Waals surface area contributed by atoms with Crippen LogP contribution in [0.15, 0.2) is 47.4 Å². The lowest BCUT2D eigenvalue weighted by molar-refractivity contribution is -0.115. The van der Waals surface area contributed by atoms with Crippen LogP contribution < -0.4 is 20.5 Å². The second-order valence-electron chi connectivity index (χ2n) is 5.12. The Hall–Kier alpha value is -2.62. The van der Waals surface area contributed by atoms with Gasteiger partial charge in [-0.15, -0.1) is 0 Å². The van der Waals surface area contributed by atoms with Crippen molar-refractivity contribution in [3.8, 4) is 5.75 Å². The van der Waals surface area contributed by atoms with Crippen LogP contribution >= 0.6 is 11.6 Å². The van der Waals surface area contributed by atoms with Crippen LogP contribution in [0.25, 0.3) is 0 Å². The monoisotopic (exact) mass is 397 g/mol. The van der Waals surface area contributed by atoms with Gasteiger partial charge in [-0.3, -0.25) is 9.59 Å². The Bertz CT molecular complexity index is 947. The number of carbonyl (C=O) groups excluding carboxylic acids is 2. The largest absolute Gasteiger partial charge is 0.495 e. The predicted octanol–water partition coefficient (Wildman–Crippen LogP) is 1.36. The highest BCUT2D eigenvalue weighted by Crippen LogP contribution is 2.26. The third-order valence-electron chi connectivity index (χ3n) is 3.28.